The summed E-state index contributed by atoms with van der Waals surface area (Å²) in [6.07, 6.45) is 14.1. The number of hydrogen-bond donors (Lipinski definition) is 1. The molecule has 0 aromatic carbocycles. The molecule has 2 saturated carbocycles. The Hall–Kier alpha value is -0.790. The molecule has 1 amide bonds. The van der Waals surface area contributed by atoms with Gasteiger partial charge in [-0.1, -0.05) is 66.9 Å². The number of fused-ring (bicyclic) bond motifs is 5. The molecule has 3 unspecified atom stereocenters. The van der Waals surface area contributed by atoms with Gasteiger partial charge >= 0.3 is 0 Å². The van der Waals surface area contributed by atoms with Gasteiger partial charge in [-0.05, 0) is 78.9 Å². The Bertz CT molecular complexity index is 665. The zero-order valence-corrected chi connectivity index (χ0v) is 19.9. The fraction of sp³-hybridized carbons (Fsp3) is 0.889. The summed E-state index contributed by atoms with van der Waals surface area (Å²) >= 11 is 0. The average molecular weight is 400 g/mol. The zero-order valence-electron chi connectivity index (χ0n) is 19.9. The van der Waals surface area contributed by atoms with Crippen LogP contribution in [0.15, 0.2) is 11.8 Å². The minimum Gasteiger partial charge on any atom is -0.330 e. The van der Waals surface area contributed by atoms with Gasteiger partial charge in [-0.2, -0.15) is 0 Å². The molecule has 3 aliphatic carbocycles. The summed E-state index contributed by atoms with van der Waals surface area (Å²) in [5.74, 6) is 5.90. The van der Waals surface area contributed by atoms with E-state index in [4.69, 9.17) is 0 Å². The zero-order chi connectivity index (χ0) is 21.0. The Kier molecular flexibility index (Phi) is 5.71. The standard InChI is InChI=1S/C27H45NO/c1-17(2)8-7-9-18(3)20-10-11-21-25-19(4)16-23-27(6,15-13-24(29)28-23)22(25)12-14-26(20,21)5/h16-22,25H,7-15H2,1-6H3,(H,28,29)/t18-,19-,20+,21?,22?,25?,26+,27+/m0/s1. The molecule has 164 valence electrons. The first-order valence-electron chi connectivity index (χ1n) is 12.7. The van der Waals surface area contributed by atoms with Crippen LogP contribution < -0.4 is 5.32 Å². The van der Waals surface area contributed by atoms with Crippen LogP contribution in [0.2, 0.25) is 0 Å². The lowest BCUT2D eigenvalue weighted by Crippen LogP contribution is -2.55. The smallest absolute Gasteiger partial charge is 0.224 e. The molecular formula is C27H45NO. The van der Waals surface area contributed by atoms with Crippen molar-refractivity contribution in [2.75, 3.05) is 0 Å². The maximum Gasteiger partial charge on any atom is 0.224 e. The Balaban J connectivity index is 1.54. The van der Waals surface area contributed by atoms with Crippen LogP contribution >= 0.6 is 0 Å². The van der Waals surface area contributed by atoms with Crippen molar-refractivity contribution in [2.45, 2.75) is 99.3 Å². The number of piperidine rings is 1. The summed E-state index contributed by atoms with van der Waals surface area (Å²) in [5.41, 5.74) is 2.00. The minimum atomic E-state index is 0.202. The normalized spacial score (nSPS) is 45.1. The number of hydrogen-bond acceptors (Lipinski definition) is 1. The summed E-state index contributed by atoms with van der Waals surface area (Å²) in [5, 5.41) is 3.27. The first-order chi connectivity index (χ1) is 13.7. The van der Waals surface area contributed by atoms with Crippen molar-refractivity contribution in [3.63, 3.8) is 0 Å². The molecule has 29 heavy (non-hydrogen) atoms. The van der Waals surface area contributed by atoms with Crippen LogP contribution in [0.25, 0.3) is 0 Å². The van der Waals surface area contributed by atoms with Gasteiger partial charge in [-0.15, -0.1) is 0 Å². The maximum atomic E-state index is 12.1. The molecule has 8 atom stereocenters. The van der Waals surface area contributed by atoms with Crippen LogP contribution in [0.5, 0.6) is 0 Å². The van der Waals surface area contributed by atoms with E-state index in [2.05, 4.69) is 52.9 Å². The molecule has 2 heteroatoms. The molecule has 0 aromatic rings. The molecule has 4 rings (SSSR count). The summed E-state index contributed by atoms with van der Waals surface area (Å²) < 4.78 is 0. The number of carbonyl (C=O) groups excluding carboxylic acids is 1. The number of carbonyl (C=O) groups is 1. The minimum absolute atomic E-state index is 0.202. The fourth-order valence-corrected chi connectivity index (χ4v) is 8.55. The maximum absolute atomic E-state index is 12.1. The Morgan fingerprint density at radius 2 is 1.83 bits per heavy atom. The molecule has 3 fully saturated rings. The molecule has 4 aliphatic rings. The van der Waals surface area contributed by atoms with E-state index in [1.54, 1.807) is 0 Å². The predicted octanol–water partition coefficient (Wildman–Crippen LogP) is 6.96. The second-order valence-corrected chi connectivity index (χ2v) is 12.2. The highest BCUT2D eigenvalue weighted by Gasteiger charge is 2.60. The van der Waals surface area contributed by atoms with Gasteiger partial charge in [0.15, 0.2) is 0 Å². The summed E-state index contributed by atoms with van der Waals surface area (Å²) in [6.45, 7) is 14.9. The van der Waals surface area contributed by atoms with Crippen molar-refractivity contribution < 1.29 is 4.79 Å². The number of allylic oxidation sites excluding steroid dienone is 2. The van der Waals surface area contributed by atoms with E-state index in [1.807, 2.05) is 0 Å². The van der Waals surface area contributed by atoms with Gasteiger partial charge < -0.3 is 5.32 Å². The highest BCUT2D eigenvalue weighted by atomic mass is 16.1. The lowest BCUT2D eigenvalue weighted by molar-refractivity contribution is -0.126. The third kappa shape index (κ3) is 3.51. The van der Waals surface area contributed by atoms with Gasteiger partial charge in [-0.25, -0.2) is 0 Å². The van der Waals surface area contributed by atoms with Crippen molar-refractivity contribution in [2.24, 2.45) is 52.3 Å². The number of amides is 1. The third-order valence-electron chi connectivity index (χ3n) is 10.1. The summed E-state index contributed by atoms with van der Waals surface area (Å²) in [7, 11) is 0. The quantitative estimate of drug-likeness (QED) is 0.532. The molecule has 1 N–H and O–H groups in total. The average Bonchev–Trinajstić information content (AvgIpc) is 3.00. The van der Waals surface area contributed by atoms with Gasteiger partial charge in [-0.3, -0.25) is 4.79 Å². The SMILES string of the molecule is CC(C)CCC[C@H](C)[C@H]1CCC2C3C(CC[C@@]21C)[C@@]1(C)CCC(=O)NC1=C[C@@H]3C. The van der Waals surface area contributed by atoms with Crippen molar-refractivity contribution in [3.8, 4) is 0 Å². The van der Waals surface area contributed by atoms with Crippen molar-refractivity contribution in [3.05, 3.63) is 11.8 Å². The van der Waals surface area contributed by atoms with Gasteiger partial charge in [0.2, 0.25) is 5.91 Å². The molecule has 1 saturated heterocycles. The van der Waals surface area contributed by atoms with E-state index in [9.17, 15) is 4.79 Å². The lowest BCUT2D eigenvalue weighted by atomic mass is 9.46. The van der Waals surface area contributed by atoms with Crippen LogP contribution in [0.4, 0.5) is 0 Å². The molecule has 1 heterocycles. The van der Waals surface area contributed by atoms with E-state index in [1.165, 1.54) is 50.6 Å². The van der Waals surface area contributed by atoms with E-state index in [0.29, 0.717) is 17.8 Å². The van der Waals surface area contributed by atoms with Crippen LogP contribution in [-0.4, -0.2) is 5.91 Å². The Morgan fingerprint density at radius 1 is 1.07 bits per heavy atom. The van der Waals surface area contributed by atoms with E-state index in [-0.39, 0.29) is 11.3 Å². The van der Waals surface area contributed by atoms with E-state index >= 15 is 0 Å². The van der Waals surface area contributed by atoms with E-state index in [0.717, 1.165) is 41.9 Å². The Labute approximate surface area is 179 Å². The molecule has 2 nitrogen and oxygen atoms in total. The topological polar surface area (TPSA) is 29.1 Å². The first-order valence-corrected chi connectivity index (χ1v) is 12.7. The van der Waals surface area contributed by atoms with Gasteiger partial charge in [0, 0.05) is 17.5 Å². The number of rotatable bonds is 5. The Morgan fingerprint density at radius 3 is 2.55 bits per heavy atom. The van der Waals surface area contributed by atoms with Crippen molar-refractivity contribution >= 4 is 5.91 Å². The van der Waals surface area contributed by atoms with Crippen LogP contribution in [0, 0.1) is 52.3 Å². The van der Waals surface area contributed by atoms with Crippen molar-refractivity contribution in [1.82, 2.24) is 5.32 Å². The third-order valence-corrected chi connectivity index (χ3v) is 10.1. The summed E-state index contributed by atoms with van der Waals surface area (Å²) in [4.78, 5) is 12.1. The highest BCUT2D eigenvalue weighted by Crippen LogP contribution is 2.67. The lowest BCUT2D eigenvalue weighted by Gasteiger charge is -2.59. The predicted molar refractivity (Wildman–Crippen MR) is 121 cm³/mol. The molecule has 1 aliphatic heterocycles. The van der Waals surface area contributed by atoms with Gasteiger partial charge in [0.05, 0.1) is 0 Å². The largest absolute Gasteiger partial charge is 0.330 e. The van der Waals surface area contributed by atoms with Crippen LogP contribution in [0.1, 0.15) is 99.3 Å². The molecule has 0 spiro atoms. The first kappa shape index (κ1) is 21.4. The molecule has 0 aromatic heterocycles. The second-order valence-electron chi connectivity index (χ2n) is 12.2. The molecular weight excluding hydrogens is 354 g/mol. The van der Waals surface area contributed by atoms with Gasteiger partial charge in [0.25, 0.3) is 0 Å². The second kappa shape index (κ2) is 7.72. The number of nitrogens with one attached hydrogen (secondary N) is 1. The monoisotopic (exact) mass is 399 g/mol. The van der Waals surface area contributed by atoms with Gasteiger partial charge in [0.1, 0.15) is 0 Å². The van der Waals surface area contributed by atoms with Crippen molar-refractivity contribution in [1.29, 1.82) is 0 Å². The molecule has 0 bridgehead atoms. The highest BCUT2D eigenvalue weighted by molar-refractivity contribution is 5.79. The fourth-order valence-electron chi connectivity index (χ4n) is 8.55. The molecule has 0 radical (unpaired) electrons. The van der Waals surface area contributed by atoms with Crippen LogP contribution in [0.3, 0.4) is 0 Å². The summed E-state index contributed by atoms with van der Waals surface area (Å²) in [6, 6.07) is 0. The van der Waals surface area contributed by atoms with Crippen LogP contribution in [-0.2, 0) is 4.79 Å². The van der Waals surface area contributed by atoms with E-state index < -0.39 is 0 Å².